The van der Waals surface area contributed by atoms with Crippen LogP contribution in [0.15, 0.2) is 47.6 Å². The summed E-state index contributed by atoms with van der Waals surface area (Å²) in [5, 5.41) is 14.6. The van der Waals surface area contributed by atoms with E-state index in [0.717, 1.165) is 22.7 Å². The van der Waals surface area contributed by atoms with E-state index in [-0.39, 0.29) is 23.0 Å². The molecular formula is C20H22N4O4S. The van der Waals surface area contributed by atoms with Crippen LogP contribution in [0.5, 0.6) is 5.75 Å². The number of hydrogen-bond donors (Lipinski definition) is 1. The molecule has 0 aliphatic carbocycles. The first-order valence-corrected chi connectivity index (χ1v) is 10.1. The number of amides is 1. The van der Waals surface area contributed by atoms with Gasteiger partial charge in [-0.25, -0.2) is 4.98 Å². The van der Waals surface area contributed by atoms with E-state index >= 15 is 0 Å². The highest BCUT2D eigenvalue weighted by molar-refractivity contribution is 7.99. The van der Waals surface area contributed by atoms with Crippen molar-refractivity contribution in [2.45, 2.75) is 25.5 Å². The van der Waals surface area contributed by atoms with Crippen molar-refractivity contribution in [1.82, 2.24) is 9.55 Å². The third kappa shape index (κ3) is 4.86. The second-order valence-corrected chi connectivity index (χ2v) is 7.81. The molecule has 0 fully saturated rings. The Balaban J connectivity index is 1.75. The van der Waals surface area contributed by atoms with Gasteiger partial charge < -0.3 is 14.6 Å². The van der Waals surface area contributed by atoms with Gasteiger partial charge in [0.05, 0.1) is 34.9 Å². The number of nitro benzene ring substituents is 1. The fourth-order valence-electron chi connectivity index (χ4n) is 2.92. The second-order valence-electron chi connectivity index (χ2n) is 6.86. The molecule has 1 heterocycles. The number of carbonyl (C=O) groups excluding carboxylic acids is 1. The normalized spacial score (nSPS) is 11.0. The van der Waals surface area contributed by atoms with E-state index in [1.807, 2.05) is 24.3 Å². The minimum atomic E-state index is -0.548. The van der Waals surface area contributed by atoms with Gasteiger partial charge in [0, 0.05) is 6.54 Å². The largest absolute Gasteiger partial charge is 0.496 e. The first-order chi connectivity index (χ1) is 13.9. The second kappa shape index (κ2) is 8.95. The number of para-hydroxylation sites is 2. The number of aromatic nitrogens is 2. The zero-order chi connectivity index (χ0) is 21.0. The van der Waals surface area contributed by atoms with Gasteiger partial charge in [-0.2, -0.15) is 0 Å². The minimum absolute atomic E-state index is 0.0879. The lowest BCUT2D eigenvalue weighted by atomic mass is 10.2. The summed E-state index contributed by atoms with van der Waals surface area (Å²) in [6, 6.07) is 12.2. The minimum Gasteiger partial charge on any atom is -0.496 e. The molecule has 0 aliphatic rings. The number of benzene rings is 2. The fourth-order valence-corrected chi connectivity index (χ4v) is 3.74. The first-order valence-electron chi connectivity index (χ1n) is 9.09. The number of thioether (sulfide) groups is 1. The summed E-state index contributed by atoms with van der Waals surface area (Å²) in [6.07, 6.45) is 0. The van der Waals surface area contributed by atoms with Crippen LogP contribution in [0.1, 0.15) is 13.8 Å². The Bertz CT molecular complexity index is 1050. The molecule has 9 heteroatoms. The lowest BCUT2D eigenvalue weighted by molar-refractivity contribution is -0.384. The number of anilines is 1. The predicted molar refractivity (Wildman–Crippen MR) is 114 cm³/mol. The van der Waals surface area contributed by atoms with E-state index in [4.69, 9.17) is 4.74 Å². The van der Waals surface area contributed by atoms with Gasteiger partial charge in [0.15, 0.2) is 5.16 Å². The summed E-state index contributed by atoms with van der Waals surface area (Å²) in [7, 11) is 1.43. The highest BCUT2D eigenvalue weighted by Crippen LogP contribution is 2.30. The molecule has 0 aliphatic heterocycles. The van der Waals surface area contributed by atoms with E-state index < -0.39 is 4.92 Å². The van der Waals surface area contributed by atoms with Crippen molar-refractivity contribution in [3.63, 3.8) is 0 Å². The highest BCUT2D eigenvalue weighted by atomic mass is 32.2. The molecule has 1 aromatic heterocycles. The molecule has 0 radical (unpaired) electrons. The van der Waals surface area contributed by atoms with Gasteiger partial charge in [0.25, 0.3) is 5.69 Å². The number of rotatable bonds is 8. The highest BCUT2D eigenvalue weighted by Gasteiger charge is 2.18. The number of nitrogens with zero attached hydrogens (tertiary/aromatic N) is 3. The molecule has 29 heavy (non-hydrogen) atoms. The van der Waals surface area contributed by atoms with Gasteiger partial charge >= 0.3 is 0 Å². The van der Waals surface area contributed by atoms with Crippen LogP contribution in [0.2, 0.25) is 0 Å². The van der Waals surface area contributed by atoms with Crippen LogP contribution in [0.25, 0.3) is 11.0 Å². The third-order valence-electron chi connectivity index (χ3n) is 4.18. The van der Waals surface area contributed by atoms with Crippen molar-refractivity contribution < 1.29 is 14.5 Å². The van der Waals surface area contributed by atoms with Crippen molar-refractivity contribution in [2.24, 2.45) is 5.92 Å². The molecule has 2 aromatic carbocycles. The number of imidazole rings is 1. The van der Waals surface area contributed by atoms with Crippen LogP contribution in [0.4, 0.5) is 11.4 Å². The van der Waals surface area contributed by atoms with Crippen LogP contribution in [0.3, 0.4) is 0 Å². The van der Waals surface area contributed by atoms with E-state index in [0.29, 0.717) is 11.7 Å². The molecule has 1 amide bonds. The number of methoxy groups -OCH3 is 1. The Kier molecular flexibility index (Phi) is 6.38. The summed E-state index contributed by atoms with van der Waals surface area (Å²) in [6.45, 7) is 5.03. The molecule has 152 valence electrons. The van der Waals surface area contributed by atoms with E-state index in [9.17, 15) is 14.9 Å². The molecule has 3 aromatic rings. The Hall–Kier alpha value is -3.07. The summed E-state index contributed by atoms with van der Waals surface area (Å²) < 4.78 is 7.12. The number of fused-ring (bicyclic) bond motifs is 1. The van der Waals surface area contributed by atoms with Gasteiger partial charge in [-0.1, -0.05) is 37.7 Å². The van der Waals surface area contributed by atoms with Gasteiger partial charge in [-0.05, 0) is 30.2 Å². The Morgan fingerprint density at radius 3 is 2.76 bits per heavy atom. The predicted octanol–water partition coefficient (Wildman–Crippen LogP) is 4.34. The Morgan fingerprint density at radius 2 is 2.07 bits per heavy atom. The lowest BCUT2D eigenvalue weighted by Gasteiger charge is -2.11. The van der Waals surface area contributed by atoms with Crippen LogP contribution >= 0.6 is 11.8 Å². The summed E-state index contributed by atoms with van der Waals surface area (Å²) in [4.78, 5) is 27.8. The third-order valence-corrected chi connectivity index (χ3v) is 5.15. The van der Waals surface area contributed by atoms with E-state index in [2.05, 4.69) is 28.7 Å². The van der Waals surface area contributed by atoms with Crippen molar-refractivity contribution in [3.05, 3.63) is 52.6 Å². The molecule has 0 unspecified atom stereocenters. The average molecular weight is 414 g/mol. The van der Waals surface area contributed by atoms with Gasteiger partial charge in [0.1, 0.15) is 11.4 Å². The first kappa shape index (κ1) is 20.7. The van der Waals surface area contributed by atoms with Crippen LogP contribution in [-0.4, -0.2) is 33.2 Å². The smallest absolute Gasteiger partial charge is 0.296 e. The van der Waals surface area contributed by atoms with Gasteiger partial charge in [-0.15, -0.1) is 0 Å². The van der Waals surface area contributed by atoms with E-state index in [1.165, 1.54) is 31.0 Å². The van der Waals surface area contributed by atoms with Gasteiger partial charge in [-0.3, -0.25) is 14.9 Å². The fraction of sp³-hybridized carbons (Fsp3) is 0.300. The molecule has 3 rings (SSSR count). The Morgan fingerprint density at radius 1 is 1.31 bits per heavy atom. The number of carbonyl (C=O) groups is 1. The standard InChI is InChI=1S/C20H22N4O4S/c1-13(2)11-23-17-7-5-4-6-15(17)22-20(23)29-12-19(25)21-16-9-8-14(28-3)10-18(16)24(26)27/h4-10,13H,11-12H2,1-3H3,(H,21,25). The molecule has 8 nitrogen and oxygen atoms in total. The molecular weight excluding hydrogens is 392 g/mol. The Labute approximate surface area is 172 Å². The maximum atomic E-state index is 12.4. The molecule has 0 bridgehead atoms. The van der Waals surface area contributed by atoms with Crippen LogP contribution < -0.4 is 10.1 Å². The van der Waals surface area contributed by atoms with Crippen molar-refractivity contribution in [1.29, 1.82) is 0 Å². The number of ether oxygens (including phenoxy) is 1. The molecule has 0 saturated carbocycles. The number of nitrogens with one attached hydrogen (secondary N) is 1. The summed E-state index contributed by atoms with van der Waals surface area (Å²) in [5.74, 6) is 0.519. The topological polar surface area (TPSA) is 99.3 Å². The maximum absolute atomic E-state index is 12.4. The average Bonchev–Trinajstić information content (AvgIpc) is 3.03. The lowest BCUT2D eigenvalue weighted by Crippen LogP contribution is -2.16. The maximum Gasteiger partial charge on any atom is 0.296 e. The van der Waals surface area contributed by atoms with E-state index in [1.54, 1.807) is 6.07 Å². The van der Waals surface area contributed by atoms with Crippen molar-refractivity contribution >= 4 is 40.1 Å². The quantitative estimate of drug-likeness (QED) is 0.334. The summed E-state index contributed by atoms with van der Waals surface area (Å²) in [5.41, 5.74) is 1.82. The van der Waals surface area contributed by atoms with Gasteiger partial charge in [0.2, 0.25) is 5.91 Å². The summed E-state index contributed by atoms with van der Waals surface area (Å²) >= 11 is 1.31. The number of hydrogen-bond acceptors (Lipinski definition) is 6. The SMILES string of the molecule is COc1ccc(NC(=O)CSc2nc3ccccc3n2CC(C)C)c([N+](=O)[O-])c1. The molecule has 0 saturated heterocycles. The van der Waals surface area contributed by atoms with Crippen LogP contribution in [0, 0.1) is 16.0 Å². The number of nitro groups is 1. The zero-order valence-corrected chi connectivity index (χ0v) is 17.2. The monoisotopic (exact) mass is 414 g/mol. The van der Waals surface area contributed by atoms with Crippen molar-refractivity contribution in [2.75, 3.05) is 18.2 Å². The molecule has 0 spiro atoms. The zero-order valence-electron chi connectivity index (χ0n) is 16.4. The molecule has 0 atom stereocenters. The van der Waals surface area contributed by atoms with Crippen LogP contribution in [-0.2, 0) is 11.3 Å². The molecule has 1 N–H and O–H groups in total. The van der Waals surface area contributed by atoms with Crippen molar-refractivity contribution in [3.8, 4) is 5.75 Å².